The van der Waals surface area contributed by atoms with Crippen LogP contribution in [0.1, 0.15) is 57.8 Å². The van der Waals surface area contributed by atoms with Crippen LogP contribution >= 0.6 is 0 Å². The Morgan fingerprint density at radius 2 is 2.22 bits per heavy atom. The van der Waals surface area contributed by atoms with Crippen LogP contribution in [0.25, 0.3) is 0 Å². The minimum atomic E-state index is -0.101. The van der Waals surface area contributed by atoms with Crippen LogP contribution in [-0.2, 0) is 4.74 Å². The highest BCUT2D eigenvalue weighted by Crippen LogP contribution is 2.32. The van der Waals surface area contributed by atoms with E-state index in [9.17, 15) is 0 Å². The van der Waals surface area contributed by atoms with Gasteiger partial charge in [0.2, 0.25) is 0 Å². The molecule has 4 atom stereocenters. The van der Waals surface area contributed by atoms with Crippen LogP contribution in [0, 0.1) is 5.92 Å². The molecule has 3 nitrogen and oxygen atoms in total. The van der Waals surface area contributed by atoms with Crippen LogP contribution in [0.15, 0.2) is 22.8 Å². The first kappa shape index (κ1) is 13.6. The van der Waals surface area contributed by atoms with E-state index in [1.165, 1.54) is 19.3 Å². The van der Waals surface area contributed by atoms with Gasteiger partial charge in [-0.05, 0) is 37.3 Å². The molecule has 1 aliphatic rings. The molecular formula is C15H25NO2. The molecule has 0 bridgehead atoms. The fraction of sp³-hybridized carbons (Fsp3) is 0.733. The molecule has 2 rings (SSSR count). The van der Waals surface area contributed by atoms with Gasteiger partial charge in [-0.25, -0.2) is 0 Å². The molecule has 4 unspecified atom stereocenters. The predicted octanol–water partition coefficient (Wildman–Crippen LogP) is 3.65. The van der Waals surface area contributed by atoms with E-state index in [4.69, 9.17) is 14.9 Å². The van der Waals surface area contributed by atoms with Gasteiger partial charge in [0, 0.05) is 6.04 Å². The Bertz CT molecular complexity index is 336. The number of hydrogen-bond acceptors (Lipinski definition) is 3. The van der Waals surface area contributed by atoms with Gasteiger partial charge in [0.15, 0.2) is 0 Å². The standard InChI is InChI=1S/C15H25NO2/c1-3-12(16)15(14-9-6-10-17-14)18-13-8-5-4-7-11(13)2/h6,9-13,15H,3-5,7-8,16H2,1-2H3. The zero-order valence-electron chi connectivity index (χ0n) is 11.5. The zero-order valence-corrected chi connectivity index (χ0v) is 11.5. The van der Waals surface area contributed by atoms with E-state index in [2.05, 4.69) is 13.8 Å². The average molecular weight is 251 g/mol. The Balaban J connectivity index is 2.05. The fourth-order valence-corrected chi connectivity index (χ4v) is 2.72. The van der Waals surface area contributed by atoms with Gasteiger partial charge < -0.3 is 14.9 Å². The van der Waals surface area contributed by atoms with Gasteiger partial charge in [-0.15, -0.1) is 0 Å². The summed E-state index contributed by atoms with van der Waals surface area (Å²) in [6.45, 7) is 4.37. The van der Waals surface area contributed by atoms with Gasteiger partial charge in [-0.2, -0.15) is 0 Å². The Hall–Kier alpha value is -0.800. The maximum Gasteiger partial charge on any atom is 0.134 e. The molecule has 0 saturated heterocycles. The third kappa shape index (κ3) is 3.15. The zero-order chi connectivity index (χ0) is 13.0. The van der Waals surface area contributed by atoms with Crippen LogP contribution in [0.5, 0.6) is 0 Å². The van der Waals surface area contributed by atoms with Gasteiger partial charge in [0.05, 0.1) is 12.4 Å². The van der Waals surface area contributed by atoms with E-state index >= 15 is 0 Å². The summed E-state index contributed by atoms with van der Waals surface area (Å²) in [7, 11) is 0. The van der Waals surface area contributed by atoms with Crippen molar-refractivity contribution in [1.82, 2.24) is 0 Å². The lowest BCUT2D eigenvalue weighted by Crippen LogP contribution is -2.35. The summed E-state index contributed by atoms with van der Waals surface area (Å²) in [5, 5.41) is 0. The monoisotopic (exact) mass is 251 g/mol. The quantitative estimate of drug-likeness (QED) is 0.869. The summed E-state index contributed by atoms with van der Waals surface area (Å²) >= 11 is 0. The highest BCUT2D eigenvalue weighted by atomic mass is 16.5. The van der Waals surface area contributed by atoms with Crippen molar-refractivity contribution in [3.05, 3.63) is 24.2 Å². The second-order valence-electron chi connectivity index (χ2n) is 5.44. The highest BCUT2D eigenvalue weighted by Gasteiger charge is 2.29. The van der Waals surface area contributed by atoms with Crippen molar-refractivity contribution >= 4 is 0 Å². The highest BCUT2D eigenvalue weighted by molar-refractivity contribution is 5.05. The molecule has 0 aliphatic heterocycles. The lowest BCUT2D eigenvalue weighted by molar-refractivity contribution is -0.0756. The van der Waals surface area contributed by atoms with Crippen molar-refractivity contribution in [2.75, 3.05) is 0 Å². The molecule has 1 aromatic rings. The molecule has 0 radical (unpaired) electrons. The van der Waals surface area contributed by atoms with Crippen molar-refractivity contribution in [2.24, 2.45) is 11.7 Å². The first-order valence-corrected chi connectivity index (χ1v) is 7.16. The molecule has 1 heterocycles. The van der Waals surface area contributed by atoms with E-state index in [1.54, 1.807) is 6.26 Å². The Labute approximate surface area is 110 Å². The molecule has 18 heavy (non-hydrogen) atoms. The maximum atomic E-state index is 6.28. The molecule has 3 heteroatoms. The van der Waals surface area contributed by atoms with Gasteiger partial charge in [0.1, 0.15) is 11.9 Å². The van der Waals surface area contributed by atoms with Crippen molar-refractivity contribution in [3.8, 4) is 0 Å². The molecule has 0 amide bonds. The maximum absolute atomic E-state index is 6.28. The van der Waals surface area contributed by atoms with E-state index in [-0.39, 0.29) is 12.1 Å². The summed E-state index contributed by atoms with van der Waals surface area (Å²) in [6, 6.07) is 3.87. The molecular weight excluding hydrogens is 226 g/mol. The lowest BCUT2D eigenvalue weighted by Gasteiger charge is -2.33. The van der Waals surface area contributed by atoms with Crippen molar-refractivity contribution < 1.29 is 9.15 Å². The normalized spacial score (nSPS) is 27.9. The minimum Gasteiger partial charge on any atom is -0.467 e. The second kappa shape index (κ2) is 6.39. The van der Waals surface area contributed by atoms with Crippen LogP contribution in [0.2, 0.25) is 0 Å². The number of ether oxygens (including phenoxy) is 1. The first-order valence-electron chi connectivity index (χ1n) is 7.16. The lowest BCUT2D eigenvalue weighted by atomic mass is 9.87. The van der Waals surface area contributed by atoms with Crippen LogP contribution in [0.4, 0.5) is 0 Å². The van der Waals surface area contributed by atoms with Crippen LogP contribution < -0.4 is 5.73 Å². The van der Waals surface area contributed by atoms with E-state index < -0.39 is 0 Å². The number of hydrogen-bond donors (Lipinski definition) is 1. The van der Waals surface area contributed by atoms with Gasteiger partial charge in [-0.3, -0.25) is 0 Å². The first-order chi connectivity index (χ1) is 8.72. The van der Waals surface area contributed by atoms with Gasteiger partial charge in [0.25, 0.3) is 0 Å². The van der Waals surface area contributed by atoms with Crippen molar-refractivity contribution in [2.45, 2.75) is 64.2 Å². The molecule has 1 saturated carbocycles. The largest absolute Gasteiger partial charge is 0.467 e. The molecule has 0 spiro atoms. The smallest absolute Gasteiger partial charge is 0.134 e. The van der Waals surface area contributed by atoms with E-state index in [1.807, 2.05) is 12.1 Å². The Morgan fingerprint density at radius 3 is 2.83 bits per heavy atom. The van der Waals surface area contributed by atoms with Crippen molar-refractivity contribution in [1.29, 1.82) is 0 Å². The SMILES string of the molecule is CCC(N)C(OC1CCCCC1C)c1ccco1. The van der Waals surface area contributed by atoms with E-state index in [0.717, 1.165) is 18.6 Å². The van der Waals surface area contributed by atoms with E-state index in [0.29, 0.717) is 12.0 Å². The molecule has 2 N–H and O–H groups in total. The molecule has 0 aromatic carbocycles. The molecule has 102 valence electrons. The molecule has 1 aliphatic carbocycles. The van der Waals surface area contributed by atoms with Crippen LogP contribution in [-0.4, -0.2) is 12.1 Å². The van der Waals surface area contributed by atoms with Crippen molar-refractivity contribution in [3.63, 3.8) is 0 Å². The number of furan rings is 1. The summed E-state index contributed by atoms with van der Waals surface area (Å²) in [5.74, 6) is 1.49. The summed E-state index contributed by atoms with van der Waals surface area (Å²) in [6.07, 6.45) is 7.81. The van der Waals surface area contributed by atoms with Gasteiger partial charge >= 0.3 is 0 Å². The Kier molecular flexibility index (Phi) is 4.84. The summed E-state index contributed by atoms with van der Waals surface area (Å²) in [4.78, 5) is 0. The third-order valence-corrected chi connectivity index (χ3v) is 4.04. The van der Waals surface area contributed by atoms with Gasteiger partial charge in [-0.1, -0.05) is 26.7 Å². The minimum absolute atomic E-state index is 0.00489. The van der Waals surface area contributed by atoms with Crippen LogP contribution in [0.3, 0.4) is 0 Å². The summed E-state index contributed by atoms with van der Waals surface area (Å²) in [5.41, 5.74) is 6.19. The predicted molar refractivity (Wildman–Crippen MR) is 72.2 cm³/mol. The third-order valence-electron chi connectivity index (χ3n) is 4.04. The summed E-state index contributed by atoms with van der Waals surface area (Å²) < 4.78 is 11.8. The average Bonchev–Trinajstić information content (AvgIpc) is 2.90. The fourth-order valence-electron chi connectivity index (χ4n) is 2.72. The second-order valence-corrected chi connectivity index (χ2v) is 5.44. The number of nitrogens with two attached hydrogens (primary N) is 1. The Morgan fingerprint density at radius 1 is 1.44 bits per heavy atom. The molecule has 1 aromatic heterocycles. The molecule has 1 fully saturated rings. The number of rotatable bonds is 5. The topological polar surface area (TPSA) is 48.4 Å².